The van der Waals surface area contributed by atoms with Crippen molar-refractivity contribution in [1.29, 1.82) is 0 Å². The van der Waals surface area contributed by atoms with Crippen LogP contribution in [0.5, 0.6) is 5.75 Å². The minimum absolute atomic E-state index is 0.178. The number of ether oxygens (including phenoxy) is 3. The average Bonchev–Trinajstić information content (AvgIpc) is 2.24. The van der Waals surface area contributed by atoms with Crippen molar-refractivity contribution in [2.24, 2.45) is 0 Å². The minimum atomic E-state index is -0.309. The van der Waals surface area contributed by atoms with Gasteiger partial charge in [-0.05, 0) is 6.07 Å². The Kier molecular flexibility index (Phi) is 4.63. The number of hydrogen-bond acceptors (Lipinski definition) is 4. The molecule has 4 nitrogen and oxygen atoms in total. The molecular weight excluding hydrogens is 196 g/mol. The fourth-order valence-electron chi connectivity index (χ4n) is 1.07. The van der Waals surface area contributed by atoms with E-state index in [1.54, 1.807) is 13.2 Å². The highest BCUT2D eigenvalue weighted by Gasteiger charge is 2.04. The Balaban J connectivity index is 2.63. The van der Waals surface area contributed by atoms with Crippen molar-refractivity contribution in [3.8, 4) is 5.75 Å². The normalized spacial score (nSPS) is 9.73. The predicted molar refractivity (Wildman–Crippen MR) is 54.4 cm³/mol. The number of methoxy groups -OCH3 is 1. The molecule has 0 aliphatic carbocycles. The Morgan fingerprint density at radius 3 is 2.73 bits per heavy atom. The molecule has 0 bridgehead atoms. The van der Waals surface area contributed by atoms with Gasteiger partial charge in [-0.2, -0.15) is 0 Å². The summed E-state index contributed by atoms with van der Waals surface area (Å²) in [6.07, 6.45) is 0. The lowest BCUT2D eigenvalue weighted by Gasteiger charge is -2.10. The maximum absolute atomic E-state index is 10.7. The highest BCUT2D eigenvalue weighted by molar-refractivity contribution is 5.66. The molecule has 1 aromatic carbocycles. The molecule has 1 aromatic rings. The summed E-state index contributed by atoms with van der Waals surface area (Å²) in [6.45, 7) is 1.77. The van der Waals surface area contributed by atoms with E-state index in [4.69, 9.17) is 14.2 Å². The lowest BCUT2D eigenvalue weighted by atomic mass is 10.2. The summed E-state index contributed by atoms with van der Waals surface area (Å²) in [6, 6.07) is 7.35. The molecule has 1 rings (SSSR count). The van der Waals surface area contributed by atoms with Gasteiger partial charge in [0.15, 0.2) is 6.79 Å². The molecule has 0 unspecified atom stereocenters. The molecule has 0 amide bonds. The van der Waals surface area contributed by atoms with Gasteiger partial charge in [-0.15, -0.1) is 0 Å². The number of rotatable bonds is 5. The van der Waals surface area contributed by atoms with Crippen molar-refractivity contribution in [2.75, 3.05) is 13.9 Å². The van der Waals surface area contributed by atoms with Gasteiger partial charge in [0, 0.05) is 19.6 Å². The molecule has 82 valence electrons. The van der Waals surface area contributed by atoms with Crippen LogP contribution in [0.15, 0.2) is 24.3 Å². The van der Waals surface area contributed by atoms with E-state index in [9.17, 15) is 4.79 Å². The molecule has 0 heterocycles. The van der Waals surface area contributed by atoms with Crippen LogP contribution in [0.3, 0.4) is 0 Å². The van der Waals surface area contributed by atoms with Gasteiger partial charge in [-0.25, -0.2) is 0 Å². The van der Waals surface area contributed by atoms with Gasteiger partial charge >= 0.3 is 5.97 Å². The summed E-state index contributed by atoms with van der Waals surface area (Å²) in [5, 5.41) is 0. The molecule has 0 atom stereocenters. The van der Waals surface area contributed by atoms with E-state index in [0.717, 1.165) is 5.56 Å². The van der Waals surface area contributed by atoms with Gasteiger partial charge in [0.25, 0.3) is 0 Å². The van der Waals surface area contributed by atoms with Crippen molar-refractivity contribution in [3.63, 3.8) is 0 Å². The highest BCUT2D eigenvalue weighted by atomic mass is 16.7. The molecule has 0 saturated heterocycles. The maximum Gasteiger partial charge on any atom is 0.302 e. The van der Waals surface area contributed by atoms with Crippen molar-refractivity contribution < 1.29 is 19.0 Å². The van der Waals surface area contributed by atoms with E-state index in [0.29, 0.717) is 5.75 Å². The number of esters is 1. The molecule has 4 heteroatoms. The summed E-state index contributed by atoms with van der Waals surface area (Å²) in [5.74, 6) is 0.358. The third-order valence-electron chi connectivity index (χ3n) is 1.74. The zero-order valence-electron chi connectivity index (χ0n) is 8.86. The smallest absolute Gasteiger partial charge is 0.302 e. The molecule has 0 radical (unpaired) electrons. The molecule has 0 aliphatic heterocycles. The van der Waals surface area contributed by atoms with Crippen molar-refractivity contribution >= 4 is 5.97 Å². The Morgan fingerprint density at radius 2 is 2.07 bits per heavy atom. The Morgan fingerprint density at radius 1 is 1.33 bits per heavy atom. The van der Waals surface area contributed by atoms with Crippen LogP contribution in [0, 0.1) is 0 Å². The second-order valence-electron chi connectivity index (χ2n) is 2.94. The highest BCUT2D eigenvalue weighted by Crippen LogP contribution is 2.18. The lowest BCUT2D eigenvalue weighted by molar-refractivity contribution is -0.142. The quantitative estimate of drug-likeness (QED) is 0.548. The average molecular weight is 210 g/mol. The molecule has 0 fully saturated rings. The van der Waals surface area contributed by atoms with Crippen LogP contribution < -0.4 is 4.74 Å². The van der Waals surface area contributed by atoms with E-state index in [1.807, 2.05) is 18.2 Å². The standard InChI is InChI=1S/C11H14O4/c1-9(12)14-7-10-5-3-4-6-11(10)15-8-13-2/h3-6H,7-8H2,1-2H3. The number of carbonyl (C=O) groups excluding carboxylic acids is 1. The van der Waals surface area contributed by atoms with Gasteiger partial charge in [-0.1, -0.05) is 18.2 Å². The Labute approximate surface area is 88.8 Å². The SMILES string of the molecule is COCOc1ccccc1COC(C)=O. The van der Waals surface area contributed by atoms with Crippen LogP contribution in [0.2, 0.25) is 0 Å². The molecule has 0 aromatic heterocycles. The second-order valence-corrected chi connectivity index (χ2v) is 2.94. The van der Waals surface area contributed by atoms with Crippen LogP contribution in [0.25, 0.3) is 0 Å². The zero-order valence-corrected chi connectivity index (χ0v) is 8.86. The van der Waals surface area contributed by atoms with E-state index in [-0.39, 0.29) is 19.4 Å². The van der Waals surface area contributed by atoms with Crippen LogP contribution in [-0.2, 0) is 20.9 Å². The predicted octanol–water partition coefficient (Wildman–Crippen LogP) is 1.73. The molecular formula is C11H14O4. The lowest BCUT2D eigenvalue weighted by Crippen LogP contribution is -2.04. The first kappa shape index (κ1) is 11.5. The number of carbonyl (C=O) groups is 1. The number of para-hydroxylation sites is 1. The third kappa shape index (κ3) is 3.99. The van der Waals surface area contributed by atoms with E-state index in [2.05, 4.69) is 0 Å². The first-order chi connectivity index (χ1) is 7.24. The van der Waals surface area contributed by atoms with Crippen LogP contribution in [0.1, 0.15) is 12.5 Å². The summed E-state index contributed by atoms with van der Waals surface area (Å²) in [4.78, 5) is 10.7. The van der Waals surface area contributed by atoms with Crippen LogP contribution in [-0.4, -0.2) is 19.9 Å². The second kappa shape index (κ2) is 6.03. The number of benzene rings is 1. The first-order valence-electron chi connectivity index (χ1n) is 4.57. The fourth-order valence-corrected chi connectivity index (χ4v) is 1.07. The van der Waals surface area contributed by atoms with E-state index >= 15 is 0 Å². The van der Waals surface area contributed by atoms with E-state index < -0.39 is 0 Å². The first-order valence-corrected chi connectivity index (χ1v) is 4.57. The summed E-state index contributed by atoms with van der Waals surface area (Å²) < 4.78 is 15.0. The molecule has 0 saturated carbocycles. The summed E-state index contributed by atoms with van der Waals surface area (Å²) in [5.41, 5.74) is 0.824. The molecule has 0 aliphatic rings. The Hall–Kier alpha value is -1.55. The minimum Gasteiger partial charge on any atom is -0.467 e. The van der Waals surface area contributed by atoms with Gasteiger partial charge in [0.1, 0.15) is 12.4 Å². The summed E-state index contributed by atoms with van der Waals surface area (Å²) in [7, 11) is 1.55. The maximum atomic E-state index is 10.7. The van der Waals surface area contributed by atoms with Crippen molar-refractivity contribution in [2.45, 2.75) is 13.5 Å². The van der Waals surface area contributed by atoms with E-state index in [1.165, 1.54) is 6.92 Å². The van der Waals surface area contributed by atoms with Crippen LogP contribution >= 0.6 is 0 Å². The molecule has 0 N–H and O–H groups in total. The van der Waals surface area contributed by atoms with Crippen molar-refractivity contribution in [3.05, 3.63) is 29.8 Å². The van der Waals surface area contributed by atoms with Gasteiger partial charge in [0.05, 0.1) is 0 Å². The monoisotopic (exact) mass is 210 g/mol. The van der Waals surface area contributed by atoms with Gasteiger partial charge < -0.3 is 14.2 Å². The topological polar surface area (TPSA) is 44.8 Å². The Bertz CT molecular complexity index is 322. The molecule has 15 heavy (non-hydrogen) atoms. The van der Waals surface area contributed by atoms with Crippen LogP contribution in [0.4, 0.5) is 0 Å². The van der Waals surface area contributed by atoms with Gasteiger partial charge in [0.2, 0.25) is 0 Å². The largest absolute Gasteiger partial charge is 0.467 e. The fraction of sp³-hybridized carbons (Fsp3) is 0.364. The van der Waals surface area contributed by atoms with Gasteiger partial charge in [-0.3, -0.25) is 4.79 Å². The summed E-state index contributed by atoms with van der Waals surface area (Å²) >= 11 is 0. The zero-order chi connectivity index (χ0) is 11.1. The number of hydrogen-bond donors (Lipinski definition) is 0. The van der Waals surface area contributed by atoms with Crippen molar-refractivity contribution in [1.82, 2.24) is 0 Å². The molecule has 0 spiro atoms. The third-order valence-corrected chi connectivity index (χ3v) is 1.74.